The molecule has 1 fully saturated rings. The Bertz CT molecular complexity index is 1200. The fourth-order valence-electron chi connectivity index (χ4n) is 3.82. The summed E-state index contributed by atoms with van der Waals surface area (Å²) in [5.41, 5.74) is 6.85. The molecule has 0 atom stereocenters. The highest BCUT2D eigenvalue weighted by atomic mass is 19.1. The Hall–Kier alpha value is -3.43. The Kier molecular flexibility index (Phi) is 3.31. The van der Waals surface area contributed by atoms with Crippen LogP contribution in [0, 0.1) is 5.82 Å². The maximum atomic E-state index is 14.9. The lowest BCUT2D eigenvalue weighted by Gasteiger charge is -2.19. The van der Waals surface area contributed by atoms with Crippen LogP contribution < -0.4 is 16.1 Å². The Labute approximate surface area is 157 Å². The Morgan fingerprint density at radius 3 is 2.75 bits per heavy atom. The van der Waals surface area contributed by atoms with E-state index in [4.69, 9.17) is 5.73 Å². The highest BCUT2D eigenvalue weighted by Gasteiger charge is 2.31. The van der Waals surface area contributed by atoms with Gasteiger partial charge in [0.2, 0.25) is 5.43 Å². The Morgan fingerprint density at radius 2 is 2.11 bits per heavy atom. The smallest absolute Gasteiger partial charge is 0.341 e. The van der Waals surface area contributed by atoms with Crippen molar-refractivity contribution in [1.82, 2.24) is 19.3 Å². The van der Waals surface area contributed by atoms with Gasteiger partial charge in [-0.05, 0) is 18.9 Å². The number of rotatable bonds is 3. The second-order valence-electron chi connectivity index (χ2n) is 7.27. The van der Waals surface area contributed by atoms with Crippen molar-refractivity contribution in [2.24, 2.45) is 7.05 Å². The lowest BCUT2D eigenvalue weighted by atomic mass is 10.2. The number of aromatic carboxylic acids is 1. The van der Waals surface area contributed by atoms with Crippen LogP contribution in [-0.2, 0) is 20.1 Å². The molecule has 0 radical (unpaired) electrons. The number of hydrogen-bond acceptors (Lipinski definition) is 6. The van der Waals surface area contributed by atoms with Crippen molar-refractivity contribution in [3.8, 4) is 0 Å². The monoisotopic (exact) mass is 384 g/mol. The van der Waals surface area contributed by atoms with Crippen LogP contribution in [0.1, 0.15) is 40.5 Å². The number of fused-ring (bicyclic) bond motifs is 2. The van der Waals surface area contributed by atoms with Crippen molar-refractivity contribution in [3.63, 3.8) is 0 Å². The number of aromatic nitrogens is 4. The summed E-state index contributed by atoms with van der Waals surface area (Å²) in [5, 5.41) is 13.5. The number of hydrogen-bond donors (Lipinski definition) is 2. The minimum Gasteiger partial charge on any atom is -0.477 e. The molecule has 1 aliphatic heterocycles. The van der Waals surface area contributed by atoms with Crippen LogP contribution in [0.5, 0.6) is 0 Å². The van der Waals surface area contributed by atoms with Crippen LogP contribution in [0.15, 0.2) is 17.1 Å². The van der Waals surface area contributed by atoms with E-state index in [-0.39, 0.29) is 22.8 Å². The van der Waals surface area contributed by atoms with Crippen LogP contribution in [0.2, 0.25) is 0 Å². The molecule has 2 aliphatic rings. The maximum Gasteiger partial charge on any atom is 0.341 e. The average molecular weight is 384 g/mol. The fraction of sp³-hybridized carbons (Fsp3) is 0.333. The summed E-state index contributed by atoms with van der Waals surface area (Å²) in [6.45, 7) is 0.762. The SMILES string of the molecule is Cn1nc(N)c2c1CN(c1nc3c(cc1F)c(=O)c(C(=O)O)cn3C1CC1)C2. The molecule has 144 valence electrons. The predicted octanol–water partition coefficient (Wildman–Crippen LogP) is 1.40. The third-order valence-corrected chi connectivity index (χ3v) is 5.41. The topological polar surface area (TPSA) is 119 Å². The number of carboxylic acids is 1. The number of aryl methyl sites for hydroxylation is 1. The highest BCUT2D eigenvalue weighted by molar-refractivity contribution is 5.92. The molecule has 9 nitrogen and oxygen atoms in total. The van der Waals surface area contributed by atoms with Crippen LogP contribution in [0.4, 0.5) is 16.0 Å². The molecule has 0 bridgehead atoms. The molecule has 4 heterocycles. The number of nitrogens with two attached hydrogens (primary N) is 1. The largest absolute Gasteiger partial charge is 0.477 e. The number of halogens is 1. The van der Waals surface area contributed by atoms with E-state index in [1.807, 2.05) is 0 Å². The third kappa shape index (κ3) is 2.30. The molecule has 0 amide bonds. The zero-order valence-corrected chi connectivity index (χ0v) is 15.0. The summed E-state index contributed by atoms with van der Waals surface area (Å²) in [6, 6.07) is 1.17. The van der Waals surface area contributed by atoms with E-state index in [2.05, 4.69) is 10.1 Å². The van der Waals surface area contributed by atoms with Gasteiger partial charge in [0, 0.05) is 24.8 Å². The molecule has 1 aliphatic carbocycles. The van der Waals surface area contributed by atoms with Gasteiger partial charge in [-0.15, -0.1) is 0 Å². The van der Waals surface area contributed by atoms with Crippen molar-refractivity contribution in [2.45, 2.75) is 32.0 Å². The van der Waals surface area contributed by atoms with E-state index in [0.717, 1.165) is 30.2 Å². The first-order valence-corrected chi connectivity index (χ1v) is 8.89. The molecule has 3 aromatic heterocycles. The molecule has 0 saturated heterocycles. The van der Waals surface area contributed by atoms with Crippen molar-refractivity contribution in [2.75, 3.05) is 10.6 Å². The van der Waals surface area contributed by atoms with Crippen LogP contribution >= 0.6 is 0 Å². The minimum atomic E-state index is -1.33. The number of pyridine rings is 2. The van der Waals surface area contributed by atoms with E-state index in [0.29, 0.717) is 24.6 Å². The van der Waals surface area contributed by atoms with E-state index in [9.17, 15) is 19.1 Å². The van der Waals surface area contributed by atoms with Gasteiger partial charge < -0.3 is 20.3 Å². The fourth-order valence-corrected chi connectivity index (χ4v) is 3.82. The molecular weight excluding hydrogens is 367 g/mol. The number of nitrogens with zero attached hydrogens (tertiary/aromatic N) is 5. The van der Waals surface area contributed by atoms with Gasteiger partial charge in [-0.1, -0.05) is 0 Å². The summed E-state index contributed by atoms with van der Waals surface area (Å²) in [4.78, 5) is 30.2. The summed E-state index contributed by atoms with van der Waals surface area (Å²) < 4.78 is 18.3. The second-order valence-corrected chi connectivity index (χ2v) is 7.27. The second kappa shape index (κ2) is 5.54. The summed E-state index contributed by atoms with van der Waals surface area (Å²) in [6.07, 6.45) is 3.05. The molecule has 28 heavy (non-hydrogen) atoms. The van der Waals surface area contributed by atoms with E-state index < -0.39 is 17.2 Å². The number of carboxylic acid groups (broad SMARTS) is 1. The standard InChI is InChI=1S/C18H17FN6O3/c1-23-13-7-24(5-10(13)15(20)22-23)17-12(19)4-9-14(26)11(18(27)28)6-25(8-2-3-8)16(9)21-17/h4,6,8H,2-3,5,7H2,1H3,(H2,20,22)(H,27,28). The zero-order chi connectivity index (χ0) is 19.7. The molecule has 0 aromatic carbocycles. The van der Waals surface area contributed by atoms with Gasteiger partial charge in [0.1, 0.15) is 11.2 Å². The van der Waals surface area contributed by atoms with Crippen molar-refractivity contribution in [1.29, 1.82) is 0 Å². The first-order chi connectivity index (χ1) is 13.3. The van der Waals surface area contributed by atoms with Gasteiger partial charge in [0.25, 0.3) is 0 Å². The van der Waals surface area contributed by atoms with Crippen LogP contribution in [0.25, 0.3) is 11.0 Å². The van der Waals surface area contributed by atoms with Crippen molar-refractivity contribution >= 4 is 28.6 Å². The molecule has 0 spiro atoms. The highest BCUT2D eigenvalue weighted by Crippen LogP contribution is 2.38. The summed E-state index contributed by atoms with van der Waals surface area (Å²) in [5.74, 6) is -1.49. The van der Waals surface area contributed by atoms with E-state index in [1.54, 1.807) is 21.2 Å². The molecule has 3 N–H and O–H groups in total. The Morgan fingerprint density at radius 1 is 1.36 bits per heavy atom. The van der Waals surface area contributed by atoms with Gasteiger partial charge in [0.15, 0.2) is 17.5 Å². The minimum absolute atomic E-state index is 0.0223. The van der Waals surface area contributed by atoms with E-state index >= 15 is 0 Å². The van der Waals surface area contributed by atoms with Crippen molar-refractivity contribution in [3.05, 3.63) is 45.1 Å². The maximum absolute atomic E-state index is 14.9. The molecule has 5 rings (SSSR count). The first-order valence-electron chi connectivity index (χ1n) is 8.89. The number of nitrogen functional groups attached to an aromatic ring is 1. The zero-order valence-electron chi connectivity index (χ0n) is 15.0. The lowest BCUT2D eigenvalue weighted by Crippen LogP contribution is -2.23. The van der Waals surface area contributed by atoms with Gasteiger partial charge in [0.05, 0.1) is 24.2 Å². The van der Waals surface area contributed by atoms with Gasteiger partial charge in [-0.25, -0.2) is 14.2 Å². The van der Waals surface area contributed by atoms with Crippen LogP contribution in [-0.4, -0.2) is 30.4 Å². The lowest BCUT2D eigenvalue weighted by molar-refractivity contribution is 0.0695. The van der Waals surface area contributed by atoms with Gasteiger partial charge >= 0.3 is 5.97 Å². The molecular formula is C18H17FN6O3. The number of anilines is 2. The summed E-state index contributed by atoms with van der Waals surface area (Å²) >= 11 is 0. The normalized spacial score (nSPS) is 16.0. The van der Waals surface area contributed by atoms with Crippen LogP contribution in [0.3, 0.4) is 0 Å². The molecule has 3 aromatic rings. The molecule has 0 unspecified atom stereocenters. The van der Waals surface area contributed by atoms with Gasteiger partial charge in [-0.2, -0.15) is 5.10 Å². The molecule has 10 heteroatoms. The van der Waals surface area contributed by atoms with Gasteiger partial charge in [-0.3, -0.25) is 9.48 Å². The molecule has 1 saturated carbocycles. The Balaban J connectivity index is 1.68. The summed E-state index contributed by atoms with van der Waals surface area (Å²) in [7, 11) is 1.78. The average Bonchev–Trinajstić information content (AvgIpc) is 3.32. The van der Waals surface area contributed by atoms with E-state index in [1.165, 1.54) is 6.20 Å². The number of carbonyl (C=O) groups is 1. The quantitative estimate of drug-likeness (QED) is 0.700. The first kappa shape index (κ1) is 16.7. The van der Waals surface area contributed by atoms with Crippen molar-refractivity contribution < 1.29 is 14.3 Å². The third-order valence-electron chi connectivity index (χ3n) is 5.41. The predicted molar refractivity (Wildman–Crippen MR) is 98.7 cm³/mol.